The molecule has 0 aromatic heterocycles. The summed E-state index contributed by atoms with van der Waals surface area (Å²) < 4.78 is 5.60. The van der Waals surface area contributed by atoms with Crippen LogP contribution in [0.4, 0.5) is 5.69 Å². The highest BCUT2D eigenvalue weighted by atomic mass is 35.5. The molecule has 1 amide bonds. The van der Waals surface area contributed by atoms with Gasteiger partial charge in [-0.25, -0.2) is 0 Å². The molecule has 1 aromatic rings. The second-order valence-corrected chi connectivity index (χ2v) is 5.90. The summed E-state index contributed by atoms with van der Waals surface area (Å²) in [6.07, 6.45) is 1.93. The van der Waals surface area contributed by atoms with Crippen LogP contribution in [-0.4, -0.2) is 25.1 Å². The van der Waals surface area contributed by atoms with Crippen LogP contribution in [0.5, 0.6) is 5.75 Å². The first-order valence-electron chi connectivity index (χ1n) is 7.03. The highest BCUT2D eigenvalue weighted by molar-refractivity contribution is 6.32. The summed E-state index contributed by atoms with van der Waals surface area (Å²) in [7, 11) is 0. The van der Waals surface area contributed by atoms with Crippen LogP contribution in [-0.2, 0) is 4.79 Å². The maximum atomic E-state index is 12.0. The van der Waals surface area contributed by atoms with Gasteiger partial charge in [0.1, 0.15) is 5.75 Å². The SMILES string of the molecule is CC(C)COc1ccc(NC(=O)C2CCCN2)cc1Cl. The molecule has 110 valence electrons. The number of ether oxygens (including phenoxy) is 1. The number of carbonyl (C=O) groups excluding carboxylic acids is 1. The third kappa shape index (κ3) is 4.12. The first-order valence-corrected chi connectivity index (χ1v) is 7.40. The molecule has 2 rings (SSSR count). The topological polar surface area (TPSA) is 50.4 Å². The fourth-order valence-corrected chi connectivity index (χ4v) is 2.32. The van der Waals surface area contributed by atoms with Crippen molar-refractivity contribution < 1.29 is 9.53 Å². The minimum absolute atomic E-state index is 0.00517. The molecule has 0 aliphatic carbocycles. The maximum absolute atomic E-state index is 12.0. The Hall–Kier alpha value is -1.26. The number of anilines is 1. The molecule has 5 heteroatoms. The van der Waals surface area contributed by atoms with Crippen LogP contribution in [0, 0.1) is 5.92 Å². The summed E-state index contributed by atoms with van der Waals surface area (Å²) in [5.74, 6) is 1.09. The molecule has 1 aliphatic heterocycles. The average molecular weight is 297 g/mol. The molecular formula is C15H21ClN2O2. The van der Waals surface area contributed by atoms with Crippen molar-refractivity contribution in [3.63, 3.8) is 0 Å². The fourth-order valence-electron chi connectivity index (χ4n) is 2.09. The van der Waals surface area contributed by atoms with Crippen LogP contribution in [0.3, 0.4) is 0 Å². The summed E-state index contributed by atoms with van der Waals surface area (Å²) in [4.78, 5) is 12.0. The zero-order valence-electron chi connectivity index (χ0n) is 11.9. The number of hydrogen-bond acceptors (Lipinski definition) is 3. The van der Waals surface area contributed by atoms with Gasteiger partial charge in [-0.15, -0.1) is 0 Å². The van der Waals surface area contributed by atoms with Crippen LogP contribution < -0.4 is 15.4 Å². The van der Waals surface area contributed by atoms with Gasteiger partial charge in [0, 0.05) is 5.69 Å². The van der Waals surface area contributed by atoms with Gasteiger partial charge in [-0.1, -0.05) is 25.4 Å². The Labute approximate surface area is 124 Å². The summed E-state index contributed by atoms with van der Waals surface area (Å²) in [5.41, 5.74) is 0.700. The maximum Gasteiger partial charge on any atom is 0.241 e. The van der Waals surface area contributed by atoms with Gasteiger partial charge in [0.2, 0.25) is 5.91 Å². The van der Waals surface area contributed by atoms with E-state index < -0.39 is 0 Å². The van der Waals surface area contributed by atoms with Gasteiger partial charge >= 0.3 is 0 Å². The Morgan fingerprint density at radius 2 is 2.35 bits per heavy atom. The van der Waals surface area contributed by atoms with E-state index in [4.69, 9.17) is 16.3 Å². The first-order chi connectivity index (χ1) is 9.56. The van der Waals surface area contributed by atoms with Crippen LogP contribution in [0.2, 0.25) is 5.02 Å². The van der Waals surface area contributed by atoms with Crippen molar-refractivity contribution >= 4 is 23.2 Å². The standard InChI is InChI=1S/C15H21ClN2O2/c1-10(2)9-20-14-6-5-11(8-12(14)16)18-15(19)13-4-3-7-17-13/h5-6,8,10,13,17H,3-4,7,9H2,1-2H3,(H,18,19). The summed E-state index contributed by atoms with van der Waals surface area (Å²) in [6, 6.07) is 5.24. The second-order valence-electron chi connectivity index (χ2n) is 5.49. The van der Waals surface area contributed by atoms with Gasteiger partial charge in [0.15, 0.2) is 0 Å². The van der Waals surface area contributed by atoms with E-state index in [9.17, 15) is 4.79 Å². The van der Waals surface area contributed by atoms with Crippen molar-refractivity contribution in [3.05, 3.63) is 23.2 Å². The van der Waals surface area contributed by atoms with Crippen LogP contribution >= 0.6 is 11.6 Å². The van der Waals surface area contributed by atoms with E-state index in [1.807, 2.05) is 6.07 Å². The molecule has 1 unspecified atom stereocenters. The van der Waals surface area contributed by atoms with Crippen LogP contribution in [0.25, 0.3) is 0 Å². The Balaban J connectivity index is 1.95. The molecule has 0 radical (unpaired) electrons. The smallest absolute Gasteiger partial charge is 0.241 e. The molecular weight excluding hydrogens is 276 g/mol. The lowest BCUT2D eigenvalue weighted by atomic mass is 10.2. The molecule has 0 spiro atoms. The number of benzene rings is 1. The minimum Gasteiger partial charge on any atom is -0.492 e. The molecule has 2 N–H and O–H groups in total. The van der Waals surface area contributed by atoms with E-state index in [0.29, 0.717) is 29.0 Å². The average Bonchev–Trinajstić information content (AvgIpc) is 2.91. The number of carbonyl (C=O) groups is 1. The quantitative estimate of drug-likeness (QED) is 0.878. The Kier molecular flexibility index (Phi) is 5.26. The van der Waals surface area contributed by atoms with Crippen molar-refractivity contribution in [2.24, 2.45) is 5.92 Å². The molecule has 1 heterocycles. The van der Waals surface area contributed by atoms with Gasteiger partial charge in [-0.05, 0) is 43.5 Å². The van der Waals surface area contributed by atoms with Crippen molar-refractivity contribution in [1.29, 1.82) is 0 Å². The van der Waals surface area contributed by atoms with E-state index in [1.165, 1.54) is 0 Å². The molecule has 0 bridgehead atoms. The molecule has 1 aromatic carbocycles. The van der Waals surface area contributed by atoms with Crippen molar-refractivity contribution in [3.8, 4) is 5.75 Å². The normalized spacial score (nSPS) is 18.3. The highest BCUT2D eigenvalue weighted by Gasteiger charge is 2.22. The van der Waals surface area contributed by atoms with Crippen LogP contribution in [0.1, 0.15) is 26.7 Å². The molecule has 1 fully saturated rings. The largest absolute Gasteiger partial charge is 0.492 e. The van der Waals surface area contributed by atoms with Gasteiger partial charge in [0.05, 0.1) is 17.7 Å². The molecule has 1 saturated heterocycles. The van der Waals surface area contributed by atoms with E-state index in [1.54, 1.807) is 12.1 Å². The van der Waals surface area contributed by atoms with Gasteiger partial charge in [-0.3, -0.25) is 4.79 Å². The number of rotatable bonds is 5. The highest BCUT2D eigenvalue weighted by Crippen LogP contribution is 2.28. The number of hydrogen-bond donors (Lipinski definition) is 2. The number of nitrogens with one attached hydrogen (secondary N) is 2. The second kappa shape index (κ2) is 6.95. The van der Waals surface area contributed by atoms with Gasteiger partial charge in [-0.2, -0.15) is 0 Å². The lowest BCUT2D eigenvalue weighted by Crippen LogP contribution is -2.35. The van der Waals surface area contributed by atoms with E-state index in [-0.39, 0.29) is 11.9 Å². The van der Waals surface area contributed by atoms with Crippen molar-refractivity contribution in [2.45, 2.75) is 32.7 Å². The molecule has 1 atom stereocenters. The summed E-state index contributed by atoms with van der Waals surface area (Å²) >= 11 is 6.16. The predicted octanol–water partition coefficient (Wildman–Crippen LogP) is 3.07. The number of amides is 1. The zero-order valence-corrected chi connectivity index (χ0v) is 12.7. The molecule has 0 saturated carbocycles. The summed E-state index contributed by atoms with van der Waals surface area (Å²) in [6.45, 7) is 5.69. The van der Waals surface area contributed by atoms with E-state index in [0.717, 1.165) is 19.4 Å². The van der Waals surface area contributed by atoms with Crippen LogP contribution in [0.15, 0.2) is 18.2 Å². The summed E-state index contributed by atoms with van der Waals surface area (Å²) in [5, 5.41) is 6.56. The van der Waals surface area contributed by atoms with E-state index >= 15 is 0 Å². The molecule has 20 heavy (non-hydrogen) atoms. The molecule has 1 aliphatic rings. The third-order valence-electron chi connectivity index (χ3n) is 3.15. The van der Waals surface area contributed by atoms with E-state index in [2.05, 4.69) is 24.5 Å². The number of halogens is 1. The Morgan fingerprint density at radius 3 is 2.95 bits per heavy atom. The lowest BCUT2D eigenvalue weighted by Gasteiger charge is -2.13. The molecule has 4 nitrogen and oxygen atoms in total. The lowest BCUT2D eigenvalue weighted by molar-refractivity contribution is -0.117. The minimum atomic E-state index is -0.0920. The Bertz CT molecular complexity index is 471. The predicted molar refractivity (Wildman–Crippen MR) is 81.4 cm³/mol. The van der Waals surface area contributed by atoms with Crippen molar-refractivity contribution in [2.75, 3.05) is 18.5 Å². The monoisotopic (exact) mass is 296 g/mol. The third-order valence-corrected chi connectivity index (χ3v) is 3.44. The first kappa shape index (κ1) is 15.1. The Morgan fingerprint density at radius 1 is 1.55 bits per heavy atom. The fraction of sp³-hybridized carbons (Fsp3) is 0.533. The van der Waals surface area contributed by atoms with Gasteiger partial charge < -0.3 is 15.4 Å². The van der Waals surface area contributed by atoms with Gasteiger partial charge in [0.25, 0.3) is 0 Å². The van der Waals surface area contributed by atoms with Crippen molar-refractivity contribution in [1.82, 2.24) is 5.32 Å². The zero-order chi connectivity index (χ0) is 14.5.